The maximum Gasteiger partial charge on any atom is 0.255 e. The lowest BCUT2D eigenvalue weighted by atomic mass is 9.98. The SMILES string of the molecule is NCC1CCCN(Cc2ccc(OCC(N)=O)cc2)C1. The number of benzene rings is 1. The number of primary amides is 1. The van der Waals surface area contributed by atoms with Crippen LogP contribution in [-0.2, 0) is 11.3 Å². The molecule has 1 fully saturated rings. The van der Waals surface area contributed by atoms with E-state index in [2.05, 4.69) is 4.90 Å². The third-order valence-electron chi connectivity index (χ3n) is 3.65. The lowest BCUT2D eigenvalue weighted by Gasteiger charge is -2.32. The van der Waals surface area contributed by atoms with Gasteiger partial charge in [0.1, 0.15) is 5.75 Å². The maximum absolute atomic E-state index is 10.6. The van der Waals surface area contributed by atoms with Crippen molar-refractivity contribution in [2.24, 2.45) is 17.4 Å². The van der Waals surface area contributed by atoms with Crippen molar-refractivity contribution in [3.63, 3.8) is 0 Å². The molecule has 1 aliphatic rings. The van der Waals surface area contributed by atoms with E-state index in [1.54, 1.807) is 0 Å². The summed E-state index contributed by atoms with van der Waals surface area (Å²) in [5.41, 5.74) is 12.0. The van der Waals surface area contributed by atoms with Crippen molar-refractivity contribution in [1.29, 1.82) is 0 Å². The predicted octanol–water partition coefficient (Wildman–Crippen LogP) is 0.721. The number of piperidine rings is 1. The zero-order valence-corrected chi connectivity index (χ0v) is 11.8. The second-order valence-electron chi connectivity index (χ2n) is 5.38. The normalized spacial score (nSPS) is 19.8. The van der Waals surface area contributed by atoms with Gasteiger partial charge in [-0.25, -0.2) is 0 Å². The van der Waals surface area contributed by atoms with Crippen molar-refractivity contribution < 1.29 is 9.53 Å². The maximum atomic E-state index is 10.6. The number of hydrogen-bond acceptors (Lipinski definition) is 4. The van der Waals surface area contributed by atoms with Gasteiger partial charge in [0.2, 0.25) is 0 Å². The van der Waals surface area contributed by atoms with E-state index in [9.17, 15) is 4.79 Å². The average molecular weight is 277 g/mol. The topological polar surface area (TPSA) is 81.6 Å². The Morgan fingerprint density at radius 2 is 2.10 bits per heavy atom. The number of nitrogens with zero attached hydrogens (tertiary/aromatic N) is 1. The Kier molecular flexibility index (Phi) is 5.38. The Morgan fingerprint density at radius 3 is 2.75 bits per heavy atom. The van der Waals surface area contributed by atoms with Gasteiger partial charge in [0.25, 0.3) is 5.91 Å². The molecular weight excluding hydrogens is 254 g/mol. The zero-order valence-electron chi connectivity index (χ0n) is 11.8. The fraction of sp³-hybridized carbons (Fsp3) is 0.533. The van der Waals surface area contributed by atoms with Crippen LogP contribution in [0.3, 0.4) is 0 Å². The fourth-order valence-corrected chi connectivity index (χ4v) is 2.59. The number of amides is 1. The van der Waals surface area contributed by atoms with Gasteiger partial charge < -0.3 is 16.2 Å². The predicted molar refractivity (Wildman–Crippen MR) is 78.2 cm³/mol. The molecule has 5 heteroatoms. The molecule has 110 valence electrons. The van der Waals surface area contributed by atoms with Gasteiger partial charge in [-0.15, -0.1) is 0 Å². The first-order valence-corrected chi connectivity index (χ1v) is 7.10. The number of likely N-dealkylation sites (tertiary alicyclic amines) is 1. The molecule has 1 amide bonds. The summed E-state index contributed by atoms with van der Waals surface area (Å²) in [4.78, 5) is 13.1. The van der Waals surface area contributed by atoms with Gasteiger partial charge in [-0.3, -0.25) is 9.69 Å². The van der Waals surface area contributed by atoms with E-state index in [0.29, 0.717) is 11.7 Å². The standard InChI is InChI=1S/C15H23N3O2/c16-8-13-2-1-7-18(10-13)9-12-3-5-14(6-4-12)20-11-15(17)19/h3-6,13H,1-2,7-11,16H2,(H2,17,19). The number of rotatable bonds is 6. The van der Waals surface area contributed by atoms with Gasteiger partial charge in [0.15, 0.2) is 6.61 Å². The van der Waals surface area contributed by atoms with Crippen LogP contribution in [0, 0.1) is 5.92 Å². The number of carbonyl (C=O) groups is 1. The summed E-state index contributed by atoms with van der Waals surface area (Å²) in [7, 11) is 0. The lowest BCUT2D eigenvalue weighted by molar-refractivity contribution is -0.119. The van der Waals surface area contributed by atoms with E-state index in [4.69, 9.17) is 16.2 Å². The van der Waals surface area contributed by atoms with Crippen LogP contribution < -0.4 is 16.2 Å². The van der Waals surface area contributed by atoms with Gasteiger partial charge in [-0.1, -0.05) is 12.1 Å². The molecule has 1 aromatic rings. The monoisotopic (exact) mass is 277 g/mol. The van der Waals surface area contributed by atoms with Crippen molar-refractivity contribution >= 4 is 5.91 Å². The molecule has 1 unspecified atom stereocenters. The first kappa shape index (κ1) is 14.8. The number of carbonyl (C=O) groups excluding carboxylic acids is 1. The summed E-state index contributed by atoms with van der Waals surface area (Å²) in [6, 6.07) is 7.82. The summed E-state index contributed by atoms with van der Waals surface area (Å²) in [5.74, 6) is 0.836. The first-order chi connectivity index (χ1) is 9.67. The van der Waals surface area contributed by atoms with Crippen molar-refractivity contribution in [2.45, 2.75) is 19.4 Å². The Bertz CT molecular complexity index is 433. The molecule has 1 aliphatic heterocycles. The fourth-order valence-electron chi connectivity index (χ4n) is 2.59. The third-order valence-corrected chi connectivity index (χ3v) is 3.65. The molecule has 0 saturated carbocycles. The smallest absolute Gasteiger partial charge is 0.255 e. The molecular formula is C15H23N3O2. The Hall–Kier alpha value is -1.59. The summed E-state index contributed by atoms with van der Waals surface area (Å²) >= 11 is 0. The second-order valence-corrected chi connectivity index (χ2v) is 5.38. The van der Waals surface area contributed by atoms with Gasteiger partial charge in [-0.2, -0.15) is 0 Å². The summed E-state index contributed by atoms with van der Waals surface area (Å²) < 4.78 is 5.24. The quantitative estimate of drug-likeness (QED) is 0.803. The van der Waals surface area contributed by atoms with E-state index in [-0.39, 0.29) is 6.61 Å². The molecule has 5 nitrogen and oxygen atoms in total. The number of hydrogen-bond donors (Lipinski definition) is 2. The summed E-state index contributed by atoms with van der Waals surface area (Å²) in [6.45, 7) is 3.85. The summed E-state index contributed by atoms with van der Waals surface area (Å²) in [5, 5.41) is 0. The molecule has 0 aromatic heterocycles. The molecule has 20 heavy (non-hydrogen) atoms. The minimum Gasteiger partial charge on any atom is -0.484 e. The van der Waals surface area contributed by atoms with E-state index < -0.39 is 5.91 Å². The van der Waals surface area contributed by atoms with Gasteiger partial charge in [-0.05, 0) is 49.5 Å². The molecule has 1 heterocycles. The summed E-state index contributed by atoms with van der Waals surface area (Å²) in [6.07, 6.45) is 2.47. The Labute approximate surface area is 119 Å². The van der Waals surface area contributed by atoms with Gasteiger partial charge in [0.05, 0.1) is 0 Å². The highest BCUT2D eigenvalue weighted by molar-refractivity contribution is 5.75. The van der Waals surface area contributed by atoms with Crippen LogP contribution in [0.2, 0.25) is 0 Å². The lowest BCUT2D eigenvalue weighted by Crippen LogP contribution is -2.37. The highest BCUT2D eigenvalue weighted by atomic mass is 16.5. The van der Waals surface area contributed by atoms with Crippen LogP contribution in [-0.4, -0.2) is 37.0 Å². The first-order valence-electron chi connectivity index (χ1n) is 7.10. The largest absolute Gasteiger partial charge is 0.484 e. The minimum atomic E-state index is -0.463. The van der Waals surface area contributed by atoms with E-state index in [1.165, 1.54) is 18.4 Å². The van der Waals surface area contributed by atoms with Crippen molar-refractivity contribution in [3.05, 3.63) is 29.8 Å². The van der Waals surface area contributed by atoms with Crippen LogP contribution in [0.4, 0.5) is 0 Å². The van der Waals surface area contributed by atoms with Crippen LogP contribution in [0.5, 0.6) is 5.75 Å². The second kappa shape index (κ2) is 7.26. The third kappa shape index (κ3) is 4.51. The highest BCUT2D eigenvalue weighted by Crippen LogP contribution is 2.19. The number of ether oxygens (including phenoxy) is 1. The molecule has 0 radical (unpaired) electrons. The van der Waals surface area contributed by atoms with Gasteiger partial charge in [0, 0.05) is 13.1 Å². The molecule has 4 N–H and O–H groups in total. The van der Waals surface area contributed by atoms with E-state index in [0.717, 1.165) is 26.2 Å². The minimum absolute atomic E-state index is 0.0797. The van der Waals surface area contributed by atoms with Crippen LogP contribution in [0.15, 0.2) is 24.3 Å². The van der Waals surface area contributed by atoms with Gasteiger partial charge >= 0.3 is 0 Å². The molecule has 2 rings (SSSR count). The highest BCUT2D eigenvalue weighted by Gasteiger charge is 2.18. The molecule has 0 bridgehead atoms. The van der Waals surface area contributed by atoms with Crippen molar-refractivity contribution in [2.75, 3.05) is 26.2 Å². The molecule has 1 saturated heterocycles. The molecule has 0 spiro atoms. The van der Waals surface area contributed by atoms with E-state index in [1.807, 2.05) is 24.3 Å². The average Bonchev–Trinajstić information content (AvgIpc) is 2.47. The Morgan fingerprint density at radius 1 is 1.35 bits per heavy atom. The van der Waals surface area contributed by atoms with Crippen LogP contribution >= 0.6 is 0 Å². The van der Waals surface area contributed by atoms with Crippen molar-refractivity contribution in [1.82, 2.24) is 4.90 Å². The molecule has 0 aliphatic carbocycles. The van der Waals surface area contributed by atoms with Crippen LogP contribution in [0.25, 0.3) is 0 Å². The Balaban J connectivity index is 1.85. The van der Waals surface area contributed by atoms with E-state index >= 15 is 0 Å². The van der Waals surface area contributed by atoms with Crippen molar-refractivity contribution in [3.8, 4) is 5.75 Å². The zero-order chi connectivity index (χ0) is 14.4. The molecule has 1 aromatic carbocycles. The number of nitrogens with two attached hydrogens (primary N) is 2. The van der Waals surface area contributed by atoms with Crippen LogP contribution in [0.1, 0.15) is 18.4 Å². The molecule has 1 atom stereocenters.